The maximum absolute atomic E-state index is 11.6. The fourth-order valence-electron chi connectivity index (χ4n) is 2.07. The van der Waals surface area contributed by atoms with Crippen molar-refractivity contribution in [2.24, 2.45) is 0 Å². The SMILES string of the molecule is CCNC(CC)c1ccccc1OCC(=O)NCCC#N. The third kappa shape index (κ3) is 5.84. The first-order chi connectivity index (χ1) is 10.2. The Morgan fingerprint density at radius 1 is 1.38 bits per heavy atom. The van der Waals surface area contributed by atoms with Crippen molar-refractivity contribution in [3.05, 3.63) is 29.8 Å². The number of nitrogens with one attached hydrogen (secondary N) is 2. The lowest BCUT2D eigenvalue weighted by Gasteiger charge is -2.19. The highest BCUT2D eigenvalue weighted by atomic mass is 16.5. The smallest absolute Gasteiger partial charge is 0.257 e. The van der Waals surface area contributed by atoms with Gasteiger partial charge in [0.1, 0.15) is 5.75 Å². The topological polar surface area (TPSA) is 74.2 Å². The monoisotopic (exact) mass is 289 g/mol. The molecule has 1 atom stereocenters. The second kappa shape index (κ2) is 9.78. The number of ether oxygens (including phenoxy) is 1. The molecule has 0 aliphatic carbocycles. The van der Waals surface area contributed by atoms with Crippen molar-refractivity contribution in [2.75, 3.05) is 19.7 Å². The second-order valence-electron chi connectivity index (χ2n) is 4.60. The number of amides is 1. The fraction of sp³-hybridized carbons (Fsp3) is 0.500. The summed E-state index contributed by atoms with van der Waals surface area (Å²) >= 11 is 0. The number of hydrogen-bond donors (Lipinski definition) is 2. The highest BCUT2D eigenvalue weighted by Crippen LogP contribution is 2.26. The molecule has 1 amide bonds. The molecule has 1 aromatic carbocycles. The summed E-state index contributed by atoms with van der Waals surface area (Å²) in [7, 11) is 0. The average Bonchev–Trinajstić information content (AvgIpc) is 2.51. The van der Waals surface area contributed by atoms with Gasteiger partial charge in [-0.15, -0.1) is 0 Å². The van der Waals surface area contributed by atoms with E-state index < -0.39 is 0 Å². The van der Waals surface area contributed by atoms with Crippen LogP contribution in [0.3, 0.4) is 0 Å². The van der Waals surface area contributed by atoms with E-state index in [0.717, 1.165) is 24.3 Å². The van der Waals surface area contributed by atoms with E-state index in [-0.39, 0.29) is 18.6 Å². The van der Waals surface area contributed by atoms with Gasteiger partial charge in [0.25, 0.3) is 5.91 Å². The van der Waals surface area contributed by atoms with Gasteiger partial charge in [0.15, 0.2) is 6.61 Å². The molecule has 0 aliphatic rings. The van der Waals surface area contributed by atoms with Crippen molar-refractivity contribution < 1.29 is 9.53 Å². The molecule has 0 bridgehead atoms. The van der Waals surface area contributed by atoms with Gasteiger partial charge in [0.05, 0.1) is 12.5 Å². The van der Waals surface area contributed by atoms with E-state index in [2.05, 4.69) is 24.5 Å². The van der Waals surface area contributed by atoms with Gasteiger partial charge in [-0.2, -0.15) is 5.26 Å². The molecule has 0 saturated heterocycles. The minimum atomic E-state index is -0.212. The molecule has 5 nitrogen and oxygen atoms in total. The van der Waals surface area contributed by atoms with E-state index in [1.54, 1.807) is 0 Å². The number of carbonyl (C=O) groups is 1. The second-order valence-corrected chi connectivity index (χ2v) is 4.60. The first-order valence-corrected chi connectivity index (χ1v) is 7.31. The molecule has 0 aromatic heterocycles. The Morgan fingerprint density at radius 3 is 2.81 bits per heavy atom. The molecule has 5 heteroatoms. The van der Waals surface area contributed by atoms with E-state index in [4.69, 9.17) is 10.00 Å². The Balaban J connectivity index is 2.62. The lowest BCUT2D eigenvalue weighted by molar-refractivity contribution is -0.123. The predicted octanol–water partition coefficient (Wildman–Crippen LogP) is 2.16. The van der Waals surface area contributed by atoms with Crippen LogP contribution in [0.1, 0.15) is 38.3 Å². The number of carbonyl (C=O) groups excluding carboxylic acids is 1. The number of benzene rings is 1. The molecule has 0 saturated carbocycles. The van der Waals surface area contributed by atoms with Crippen molar-refractivity contribution >= 4 is 5.91 Å². The zero-order valence-electron chi connectivity index (χ0n) is 12.7. The minimum absolute atomic E-state index is 0.0367. The summed E-state index contributed by atoms with van der Waals surface area (Å²) in [6, 6.07) is 9.94. The van der Waals surface area contributed by atoms with Crippen LogP contribution in [0.15, 0.2) is 24.3 Å². The number of rotatable bonds is 9. The zero-order chi connectivity index (χ0) is 15.5. The summed E-state index contributed by atoms with van der Waals surface area (Å²) in [5, 5.41) is 14.5. The van der Waals surface area contributed by atoms with Crippen LogP contribution in [0.25, 0.3) is 0 Å². The summed E-state index contributed by atoms with van der Waals surface area (Å²) in [4.78, 5) is 11.6. The quantitative estimate of drug-likeness (QED) is 0.683. The van der Waals surface area contributed by atoms with Crippen LogP contribution in [0, 0.1) is 11.3 Å². The van der Waals surface area contributed by atoms with E-state index in [1.165, 1.54) is 0 Å². The Morgan fingerprint density at radius 2 is 2.14 bits per heavy atom. The molecule has 0 radical (unpaired) electrons. The van der Waals surface area contributed by atoms with Gasteiger partial charge in [0.2, 0.25) is 0 Å². The van der Waals surface area contributed by atoms with E-state index in [9.17, 15) is 4.79 Å². The summed E-state index contributed by atoms with van der Waals surface area (Å²) in [6.45, 7) is 5.37. The lowest BCUT2D eigenvalue weighted by Crippen LogP contribution is -2.30. The van der Waals surface area contributed by atoms with Crippen molar-refractivity contribution in [3.63, 3.8) is 0 Å². The van der Waals surface area contributed by atoms with Crippen LogP contribution in [0.2, 0.25) is 0 Å². The number of nitriles is 1. The molecule has 2 N–H and O–H groups in total. The van der Waals surface area contributed by atoms with Gasteiger partial charge in [-0.1, -0.05) is 32.0 Å². The summed E-state index contributed by atoms with van der Waals surface area (Å²) < 4.78 is 5.62. The Bertz CT molecular complexity index is 483. The van der Waals surface area contributed by atoms with Crippen molar-refractivity contribution in [1.29, 1.82) is 5.26 Å². The van der Waals surface area contributed by atoms with Crippen LogP contribution in [0.4, 0.5) is 0 Å². The Hall–Kier alpha value is -2.06. The molecule has 0 spiro atoms. The normalized spacial score (nSPS) is 11.5. The first kappa shape index (κ1) is 17.0. The Kier molecular flexibility index (Phi) is 7.92. The van der Waals surface area contributed by atoms with Gasteiger partial charge in [-0.25, -0.2) is 0 Å². The van der Waals surface area contributed by atoms with Gasteiger partial charge in [0, 0.05) is 18.2 Å². The average molecular weight is 289 g/mol. The van der Waals surface area contributed by atoms with Crippen LogP contribution >= 0.6 is 0 Å². The molecule has 0 aliphatic heterocycles. The highest BCUT2D eigenvalue weighted by molar-refractivity contribution is 5.77. The first-order valence-electron chi connectivity index (χ1n) is 7.31. The predicted molar refractivity (Wildman–Crippen MR) is 81.9 cm³/mol. The van der Waals surface area contributed by atoms with Crippen molar-refractivity contribution in [3.8, 4) is 11.8 Å². The summed E-state index contributed by atoms with van der Waals surface area (Å²) in [5.74, 6) is 0.511. The van der Waals surface area contributed by atoms with E-state index >= 15 is 0 Å². The van der Waals surface area contributed by atoms with Gasteiger partial charge < -0.3 is 15.4 Å². The molecule has 114 valence electrons. The molecule has 0 heterocycles. The largest absolute Gasteiger partial charge is 0.483 e. The van der Waals surface area contributed by atoms with Crippen molar-refractivity contribution in [1.82, 2.24) is 10.6 Å². The molecule has 0 fully saturated rings. The molecular weight excluding hydrogens is 266 g/mol. The zero-order valence-corrected chi connectivity index (χ0v) is 12.7. The minimum Gasteiger partial charge on any atom is -0.483 e. The fourth-order valence-corrected chi connectivity index (χ4v) is 2.07. The van der Waals surface area contributed by atoms with Crippen molar-refractivity contribution in [2.45, 2.75) is 32.7 Å². The van der Waals surface area contributed by atoms with Crippen LogP contribution in [-0.2, 0) is 4.79 Å². The molecule has 1 rings (SSSR count). The van der Waals surface area contributed by atoms with E-state index in [0.29, 0.717) is 13.0 Å². The van der Waals surface area contributed by atoms with Crippen LogP contribution in [0.5, 0.6) is 5.75 Å². The highest BCUT2D eigenvalue weighted by Gasteiger charge is 2.13. The van der Waals surface area contributed by atoms with Gasteiger partial charge in [-0.05, 0) is 19.0 Å². The third-order valence-corrected chi connectivity index (χ3v) is 3.07. The third-order valence-electron chi connectivity index (χ3n) is 3.07. The standard InChI is InChI=1S/C16H23N3O2/c1-3-14(18-4-2)13-8-5-6-9-15(13)21-12-16(20)19-11-7-10-17/h5-6,8-9,14,18H,3-4,7,11-12H2,1-2H3,(H,19,20). The van der Waals surface area contributed by atoms with Crippen LogP contribution < -0.4 is 15.4 Å². The molecule has 1 unspecified atom stereocenters. The maximum atomic E-state index is 11.6. The van der Waals surface area contributed by atoms with Crippen LogP contribution in [-0.4, -0.2) is 25.6 Å². The number of hydrogen-bond acceptors (Lipinski definition) is 4. The lowest BCUT2D eigenvalue weighted by atomic mass is 10.0. The number of nitrogens with zero attached hydrogens (tertiary/aromatic N) is 1. The number of para-hydroxylation sites is 1. The Labute approximate surface area is 126 Å². The molecule has 1 aromatic rings. The van der Waals surface area contributed by atoms with Gasteiger partial charge in [-0.3, -0.25) is 4.79 Å². The van der Waals surface area contributed by atoms with E-state index in [1.807, 2.05) is 30.3 Å². The molecule has 21 heavy (non-hydrogen) atoms. The summed E-state index contributed by atoms with van der Waals surface area (Å²) in [6.07, 6.45) is 1.25. The summed E-state index contributed by atoms with van der Waals surface area (Å²) in [5.41, 5.74) is 1.06. The maximum Gasteiger partial charge on any atom is 0.257 e. The van der Waals surface area contributed by atoms with Gasteiger partial charge >= 0.3 is 0 Å². The molecular formula is C16H23N3O2.